The number of alkyl halides is 5. The predicted octanol–water partition coefficient (Wildman–Crippen LogP) is 4.90. The van der Waals surface area contributed by atoms with Crippen molar-refractivity contribution in [1.82, 2.24) is 19.8 Å². The summed E-state index contributed by atoms with van der Waals surface area (Å²) in [5.74, 6) is -3.26. The summed E-state index contributed by atoms with van der Waals surface area (Å²) in [5.41, 5.74) is -0.177. The Morgan fingerprint density at radius 2 is 1.83 bits per heavy atom. The van der Waals surface area contributed by atoms with Gasteiger partial charge in [-0.25, -0.2) is 13.6 Å². The average Bonchev–Trinajstić information content (AvgIpc) is 3.11. The van der Waals surface area contributed by atoms with Crippen molar-refractivity contribution in [3.05, 3.63) is 53.3 Å². The van der Waals surface area contributed by atoms with Crippen LogP contribution in [0.5, 0.6) is 0 Å². The Hall–Kier alpha value is -3.70. The van der Waals surface area contributed by atoms with Gasteiger partial charge in [-0.15, -0.1) is 0 Å². The van der Waals surface area contributed by atoms with E-state index in [1.54, 1.807) is 0 Å². The number of fused-ring (bicyclic) bond motifs is 1. The molecule has 12 heteroatoms. The molecule has 7 nitrogen and oxygen atoms in total. The van der Waals surface area contributed by atoms with Crippen LogP contribution in [0.25, 0.3) is 22.2 Å². The van der Waals surface area contributed by atoms with Crippen LogP contribution in [-0.4, -0.2) is 50.6 Å². The number of hydrogen-bond donors (Lipinski definition) is 2. The van der Waals surface area contributed by atoms with Crippen LogP contribution in [-0.2, 0) is 19.8 Å². The highest BCUT2D eigenvalue weighted by Crippen LogP contribution is 2.39. The summed E-state index contributed by atoms with van der Waals surface area (Å²) in [6, 6.07) is 6.73. The summed E-state index contributed by atoms with van der Waals surface area (Å²) in [6.07, 6.45) is -5.62. The molecule has 2 N–H and O–H groups in total. The first-order chi connectivity index (χ1) is 16.4. The first-order valence-corrected chi connectivity index (χ1v) is 10.7. The Kier molecular flexibility index (Phi) is 6.16. The van der Waals surface area contributed by atoms with Crippen LogP contribution in [0.15, 0.2) is 36.5 Å². The van der Waals surface area contributed by atoms with Crippen molar-refractivity contribution in [3.8, 4) is 11.3 Å². The van der Waals surface area contributed by atoms with E-state index < -0.39 is 42.5 Å². The van der Waals surface area contributed by atoms with E-state index in [4.69, 9.17) is 5.11 Å². The third-order valence-electron chi connectivity index (χ3n) is 6.04. The van der Waals surface area contributed by atoms with Gasteiger partial charge in [-0.3, -0.25) is 9.78 Å². The van der Waals surface area contributed by atoms with Crippen LogP contribution in [0.1, 0.15) is 34.5 Å². The molecule has 2 aromatic heterocycles. The molecule has 4 rings (SSSR count). The molecular weight excluding hydrogens is 475 g/mol. The Balaban J connectivity index is 1.66. The van der Waals surface area contributed by atoms with Crippen molar-refractivity contribution in [3.63, 3.8) is 0 Å². The fourth-order valence-electron chi connectivity index (χ4n) is 4.17. The Morgan fingerprint density at radius 1 is 1.14 bits per heavy atom. The Bertz CT molecular complexity index is 1280. The smallest absolute Gasteiger partial charge is 0.418 e. The molecule has 1 aliphatic heterocycles. The number of nitrogens with one attached hydrogen (secondary N) is 1. The summed E-state index contributed by atoms with van der Waals surface area (Å²) in [7, 11) is 1.42. The Morgan fingerprint density at radius 3 is 2.40 bits per heavy atom. The lowest BCUT2D eigenvalue weighted by atomic mass is 10.0. The van der Waals surface area contributed by atoms with E-state index >= 15 is 0 Å². The van der Waals surface area contributed by atoms with E-state index in [1.165, 1.54) is 47.0 Å². The summed E-state index contributed by atoms with van der Waals surface area (Å²) >= 11 is 0. The maximum Gasteiger partial charge on any atom is 0.418 e. The molecule has 0 aliphatic carbocycles. The number of aromatic nitrogens is 2. The van der Waals surface area contributed by atoms with Gasteiger partial charge in [0.1, 0.15) is 0 Å². The van der Waals surface area contributed by atoms with Gasteiger partial charge >= 0.3 is 12.3 Å². The summed E-state index contributed by atoms with van der Waals surface area (Å²) in [5, 5.41) is 11.2. The molecule has 186 valence electrons. The number of benzene rings is 1. The molecule has 3 aromatic rings. The van der Waals surface area contributed by atoms with E-state index in [9.17, 15) is 31.5 Å². The monoisotopic (exact) mass is 496 g/mol. The van der Waals surface area contributed by atoms with Crippen molar-refractivity contribution in [2.75, 3.05) is 13.1 Å². The van der Waals surface area contributed by atoms with Gasteiger partial charge in [-0.05, 0) is 30.3 Å². The highest BCUT2D eigenvalue weighted by atomic mass is 19.4. The fraction of sp³-hybridized carbons (Fsp3) is 0.348. The minimum Gasteiger partial charge on any atom is -0.465 e. The summed E-state index contributed by atoms with van der Waals surface area (Å²) < 4.78 is 69.7. The number of hydrogen-bond acceptors (Lipinski definition) is 3. The molecule has 1 aliphatic rings. The van der Waals surface area contributed by atoms with Gasteiger partial charge in [0.05, 0.1) is 28.9 Å². The largest absolute Gasteiger partial charge is 0.465 e. The van der Waals surface area contributed by atoms with Crippen LogP contribution >= 0.6 is 0 Å². The number of aryl methyl sites for hydroxylation is 1. The lowest BCUT2D eigenvalue weighted by molar-refractivity contribution is -0.136. The second-order valence-electron chi connectivity index (χ2n) is 8.39. The number of halogens is 5. The van der Waals surface area contributed by atoms with Crippen molar-refractivity contribution >= 4 is 22.9 Å². The van der Waals surface area contributed by atoms with Crippen LogP contribution in [0.2, 0.25) is 0 Å². The molecular formula is C23H21F5N4O3. The molecule has 0 atom stereocenters. The average molecular weight is 496 g/mol. The highest BCUT2D eigenvalue weighted by Gasteiger charge is 2.36. The maximum atomic E-state index is 13.9. The standard InChI is InChI=1S/C23H21F5N4O3/c1-31-16(12-30-21(34)35)9-15-8-14(10-17(19(15)31)23(26,27)28)18-3-2-13(11-29-18)20(33)32-6-4-22(24,25)5-7-32/h2-3,8-11,30H,4-7,12H2,1H3,(H,34,35). The summed E-state index contributed by atoms with van der Waals surface area (Å²) in [4.78, 5) is 28.9. The van der Waals surface area contributed by atoms with E-state index in [0.717, 1.165) is 6.07 Å². The third-order valence-corrected chi connectivity index (χ3v) is 6.04. The molecule has 0 unspecified atom stereocenters. The molecule has 1 saturated heterocycles. The van der Waals surface area contributed by atoms with Gasteiger partial charge in [0.25, 0.3) is 11.8 Å². The number of likely N-dealkylation sites (tertiary alicyclic amines) is 1. The quantitative estimate of drug-likeness (QED) is 0.503. The van der Waals surface area contributed by atoms with E-state index in [0.29, 0.717) is 5.69 Å². The van der Waals surface area contributed by atoms with E-state index in [-0.39, 0.29) is 47.4 Å². The van der Waals surface area contributed by atoms with Gasteiger partial charge in [-0.1, -0.05) is 0 Å². The zero-order chi connectivity index (χ0) is 25.5. The minimum atomic E-state index is -4.69. The van der Waals surface area contributed by atoms with Crippen LogP contribution in [0, 0.1) is 0 Å². The molecule has 0 spiro atoms. The molecule has 0 saturated carbocycles. The number of rotatable bonds is 4. The predicted molar refractivity (Wildman–Crippen MR) is 116 cm³/mol. The first kappa shape index (κ1) is 24.4. The maximum absolute atomic E-state index is 13.9. The fourth-order valence-corrected chi connectivity index (χ4v) is 4.17. The molecule has 35 heavy (non-hydrogen) atoms. The summed E-state index contributed by atoms with van der Waals surface area (Å²) in [6.45, 7) is -0.358. The van der Waals surface area contributed by atoms with Crippen LogP contribution in [0.3, 0.4) is 0 Å². The zero-order valence-electron chi connectivity index (χ0n) is 18.5. The number of amides is 2. The normalized spacial score (nSPS) is 15.9. The van der Waals surface area contributed by atoms with Gasteiger partial charge < -0.3 is 19.9 Å². The highest BCUT2D eigenvalue weighted by molar-refractivity contribution is 5.94. The number of nitrogens with zero attached hydrogens (tertiary/aromatic N) is 3. The number of carbonyl (C=O) groups is 2. The molecule has 0 bridgehead atoms. The lowest BCUT2D eigenvalue weighted by Crippen LogP contribution is -2.42. The van der Waals surface area contributed by atoms with Crippen LogP contribution < -0.4 is 5.32 Å². The zero-order valence-corrected chi connectivity index (χ0v) is 18.5. The van der Waals surface area contributed by atoms with Gasteiger partial charge in [0.2, 0.25) is 0 Å². The lowest BCUT2D eigenvalue weighted by Gasteiger charge is -2.31. The molecule has 1 aromatic carbocycles. The third kappa shape index (κ3) is 5.05. The van der Waals surface area contributed by atoms with Gasteiger partial charge in [-0.2, -0.15) is 13.2 Å². The van der Waals surface area contributed by atoms with E-state index in [1.807, 2.05) is 0 Å². The second-order valence-corrected chi connectivity index (χ2v) is 8.39. The van der Waals surface area contributed by atoms with Crippen molar-refractivity contribution in [2.45, 2.75) is 31.5 Å². The molecule has 1 fully saturated rings. The molecule has 0 radical (unpaired) electrons. The number of piperidine rings is 1. The Labute approximate surface area is 196 Å². The van der Waals surface area contributed by atoms with Gasteiger partial charge in [0, 0.05) is 55.8 Å². The SMILES string of the molecule is Cn1c(CNC(=O)O)cc2cc(-c3ccc(C(=O)N4CCC(F)(F)CC4)cn3)cc(C(F)(F)F)c21. The second kappa shape index (κ2) is 8.82. The topological polar surface area (TPSA) is 87.5 Å². The van der Waals surface area contributed by atoms with Crippen molar-refractivity contribution < 1.29 is 36.6 Å². The molecule has 3 heterocycles. The van der Waals surface area contributed by atoms with Crippen molar-refractivity contribution in [1.29, 1.82) is 0 Å². The minimum absolute atomic E-state index is 0.0910. The van der Waals surface area contributed by atoms with E-state index in [2.05, 4.69) is 10.3 Å². The first-order valence-electron chi connectivity index (χ1n) is 10.7. The number of pyridine rings is 1. The van der Waals surface area contributed by atoms with Crippen LogP contribution in [0.4, 0.5) is 26.7 Å². The molecule has 2 amide bonds. The number of carboxylic acid groups (broad SMARTS) is 1. The number of carbonyl (C=O) groups excluding carboxylic acids is 1. The van der Waals surface area contributed by atoms with Gasteiger partial charge in [0.15, 0.2) is 0 Å². The van der Waals surface area contributed by atoms with Crippen molar-refractivity contribution in [2.24, 2.45) is 7.05 Å².